The molecule has 0 fully saturated rings. The van der Waals surface area contributed by atoms with Gasteiger partial charge in [0.2, 0.25) is 17.7 Å². The van der Waals surface area contributed by atoms with Crippen molar-refractivity contribution < 1.29 is 24.2 Å². The van der Waals surface area contributed by atoms with Crippen LogP contribution in [0.15, 0.2) is 30.3 Å². The van der Waals surface area contributed by atoms with E-state index in [0.29, 0.717) is 44.8 Å². The fraction of sp³-hybridized carbons (Fsp3) is 0.667. The second kappa shape index (κ2) is 17.9. The fourth-order valence-corrected chi connectivity index (χ4v) is 3.68. The molecule has 3 amide bonds. The van der Waals surface area contributed by atoms with Gasteiger partial charge in [-0.05, 0) is 43.6 Å². The summed E-state index contributed by atoms with van der Waals surface area (Å²) >= 11 is 0. The molecule has 8 heteroatoms. The molecular formula is C27H45N3O5. The van der Waals surface area contributed by atoms with E-state index in [9.17, 15) is 19.5 Å². The van der Waals surface area contributed by atoms with Gasteiger partial charge in [-0.15, -0.1) is 0 Å². The van der Waals surface area contributed by atoms with Gasteiger partial charge in [0, 0.05) is 39.1 Å². The molecule has 4 N–H and O–H groups in total. The van der Waals surface area contributed by atoms with E-state index in [4.69, 9.17) is 4.74 Å². The number of rotatable bonds is 18. The maximum atomic E-state index is 13.0. The van der Waals surface area contributed by atoms with Crippen molar-refractivity contribution in [3.63, 3.8) is 0 Å². The van der Waals surface area contributed by atoms with Crippen LogP contribution in [0.3, 0.4) is 0 Å². The van der Waals surface area contributed by atoms with Gasteiger partial charge in [-0.2, -0.15) is 0 Å². The first kappa shape index (κ1) is 30.6. The second-order valence-electron chi connectivity index (χ2n) is 9.49. The third-order valence-corrected chi connectivity index (χ3v) is 6.03. The summed E-state index contributed by atoms with van der Waals surface area (Å²) in [7, 11) is 1.56. The lowest BCUT2D eigenvalue weighted by molar-refractivity contribution is -0.131. The average Bonchev–Trinajstić information content (AvgIpc) is 2.84. The normalized spacial score (nSPS) is 13.7. The molecule has 35 heavy (non-hydrogen) atoms. The first-order valence-electron chi connectivity index (χ1n) is 12.8. The summed E-state index contributed by atoms with van der Waals surface area (Å²) in [6, 6.07) is 9.84. The highest BCUT2D eigenvalue weighted by Gasteiger charge is 2.24. The molecule has 0 aliphatic carbocycles. The Morgan fingerprint density at radius 2 is 1.57 bits per heavy atom. The van der Waals surface area contributed by atoms with Crippen molar-refractivity contribution in [3.05, 3.63) is 35.9 Å². The SMILES string of the molecule is CCC(CNC(=O)[C@H](CCc1ccccc1)CC(=O)NCCOC)C(=O)NCC(O)CCC(C)C. The van der Waals surface area contributed by atoms with Crippen molar-refractivity contribution in [1.82, 2.24) is 16.0 Å². The minimum atomic E-state index is -0.576. The predicted octanol–water partition coefficient (Wildman–Crippen LogP) is 2.44. The van der Waals surface area contributed by atoms with Gasteiger partial charge in [0.05, 0.1) is 18.6 Å². The van der Waals surface area contributed by atoms with Gasteiger partial charge in [-0.3, -0.25) is 14.4 Å². The van der Waals surface area contributed by atoms with Crippen LogP contribution in [-0.4, -0.2) is 62.3 Å². The lowest BCUT2D eigenvalue weighted by atomic mass is 9.94. The molecule has 1 aromatic carbocycles. The van der Waals surface area contributed by atoms with Crippen LogP contribution in [0, 0.1) is 17.8 Å². The van der Waals surface area contributed by atoms with Crippen molar-refractivity contribution >= 4 is 17.7 Å². The predicted molar refractivity (Wildman–Crippen MR) is 138 cm³/mol. The molecule has 0 spiro atoms. The van der Waals surface area contributed by atoms with Gasteiger partial charge in [-0.25, -0.2) is 0 Å². The molecule has 0 aliphatic rings. The van der Waals surface area contributed by atoms with E-state index >= 15 is 0 Å². The Balaban J connectivity index is 2.62. The van der Waals surface area contributed by atoms with Crippen molar-refractivity contribution in [1.29, 1.82) is 0 Å². The molecule has 8 nitrogen and oxygen atoms in total. The monoisotopic (exact) mass is 491 g/mol. The smallest absolute Gasteiger partial charge is 0.224 e. The molecule has 1 rings (SSSR count). The lowest BCUT2D eigenvalue weighted by Gasteiger charge is -2.21. The molecule has 0 heterocycles. The van der Waals surface area contributed by atoms with Crippen LogP contribution in [-0.2, 0) is 25.5 Å². The largest absolute Gasteiger partial charge is 0.391 e. The van der Waals surface area contributed by atoms with E-state index in [1.165, 1.54) is 0 Å². The number of nitrogens with one attached hydrogen (secondary N) is 3. The number of hydrogen-bond donors (Lipinski definition) is 4. The highest BCUT2D eigenvalue weighted by Crippen LogP contribution is 2.15. The van der Waals surface area contributed by atoms with Crippen LogP contribution >= 0.6 is 0 Å². The fourth-order valence-electron chi connectivity index (χ4n) is 3.68. The summed E-state index contributed by atoms with van der Waals surface area (Å²) in [4.78, 5) is 37.9. The van der Waals surface area contributed by atoms with Crippen LogP contribution in [0.1, 0.15) is 58.4 Å². The number of aliphatic hydroxyl groups is 1. The molecule has 0 bridgehead atoms. The van der Waals surface area contributed by atoms with Crippen LogP contribution in [0.4, 0.5) is 0 Å². The zero-order chi connectivity index (χ0) is 26.1. The number of hydrogen-bond acceptors (Lipinski definition) is 5. The summed E-state index contributed by atoms with van der Waals surface area (Å²) in [5, 5.41) is 18.5. The summed E-state index contributed by atoms with van der Waals surface area (Å²) < 4.78 is 4.96. The van der Waals surface area contributed by atoms with Gasteiger partial charge < -0.3 is 25.8 Å². The van der Waals surface area contributed by atoms with E-state index in [2.05, 4.69) is 29.8 Å². The number of aryl methyl sites for hydroxylation is 1. The van der Waals surface area contributed by atoms with Crippen LogP contribution < -0.4 is 16.0 Å². The minimum absolute atomic E-state index is 0.0768. The Kier molecular flexibility index (Phi) is 15.6. The number of methoxy groups -OCH3 is 1. The van der Waals surface area contributed by atoms with Gasteiger partial charge >= 0.3 is 0 Å². The highest BCUT2D eigenvalue weighted by molar-refractivity contribution is 5.86. The van der Waals surface area contributed by atoms with Crippen molar-refractivity contribution in [2.24, 2.45) is 17.8 Å². The summed E-state index contributed by atoms with van der Waals surface area (Å²) in [6.45, 7) is 7.28. The molecule has 1 aromatic rings. The molecule has 0 radical (unpaired) electrons. The maximum absolute atomic E-state index is 13.0. The minimum Gasteiger partial charge on any atom is -0.391 e. The Labute approximate surface area is 210 Å². The number of carbonyl (C=O) groups excluding carboxylic acids is 3. The Morgan fingerprint density at radius 3 is 2.20 bits per heavy atom. The van der Waals surface area contributed by atoms with E-state index in [-0.39, 0.29) is 37.2 Å². The summed E-state index contributed by atoms with van der Waals surface area (Å²) in [6.07, 6.45) is 2.80. The third-order valence-electron chi connectivity index (χ3n) is 6.03. The average molecular weight is 492 g/mol. The number of aliphatic hydroxyl groups excluding tert-OH is 1. The molecule has 0 aromatic heterocycles. The highest BCUT2D eigenvalue weighted by atomic mass is 16.5. The Morgan fingerprint density at radius 1 is 0.914 bits per heavy atom. The maximum Gasteiger partial charge on any atom is 0.224 e. The third kappa shape index (κ3) is 13.9. The van der Waals surface area contributed by atoms with Crippen LogP contribution in [0.2, 0.25) is 0 Å². The van der Waals surface area contributed by atoms with Gasteiger partial charge in [0.15, 0.2) is 0 Å². The summed E-state index contributed by atoms with van der Waals surface area (Å²) in [5.74, 6) is -1.02. The standard InChI is InChI=1S/C27H45N3O5/c1-5-22(26(33)30-19-24(31)14-11-20(2)3)18-29-27(34)23(17-25(32)28-15-16-35-4)13-12-21-9-7-6-8-10-21/h6-10,20,22-24,31H,5,11-19H2,1-4H3,(H,28,32)(H,29,34)(H,30,33)/t22?,23-,24?/m1/s1. The summed E-state index contributed by atoms with van der Waals surface area (Å²) in [5.41, 5.74) is 1.10. The number of carbonyl (C=O) groups is 3. The molecule has 0 saturated carbocycles. The van der Waals surface area contributed by atoms with Crippen molar-refractivity contribution in [2.75, 3.05) is 33.4 Å². The second-order valence-corrected chi connectivity index (χ2v) is 9.49. The Bertz CT molecular complexity index is 742. The first-order valence-corrected chi connectivity index (χ1v) is 12.8. The van der Waals surface area contributed by atoms with Gasteiger partial charge in [-0.1, -0.05) is 51.1 Å². The van der Waals surface area contributed by atoms with E-state index in [1.54, 1.807) is 7.11 Å². The number of benzene rings is 1. The van der Waals surface area contributed by atoms with Gasteiger partial charge in [0.25, 0.3) is 0 Å². The molecular weight excluding hydrogens is 446 g/mol. The zero-order valence-electron chi connectivity index (χ0n) is 21.8. The molecule has 0 aliphatic heterocycles. The van der Waals surface area contributed by atoms with E-state index in [0.717, 1.165) is 12.0 Å². The van der Waals surface area contributed by atoms with Crippen molar-refractivity contribution in [2.45, 2.75) is 65.4 Å². The van der Waals surface area contributed by atoms with Gasteiger partial charge in [0.1, 0.15) is 0 Å². The molecule has 198 valence electrons. The number of amides is 3. The molecule has 2 unspecified atom stereocenters. The van der Waals surface area contributed by atoms with E-state index in [1.807, 2.05) is 37.3 Å². The van der Waals surface area contributed by atoms with Crippen LogP contribution in [0.5, 0.6) is 0 Å². The zero-order valence-corrected chi connectivity index (χ0v) is 21.8. The van der Waals surface area contributed by atoms with Crippen molar-refractivity contribution in [3.8, 4) is 0 Å². The topological polar surface area (TPSA) is 117 Å². The van der Waals surface area contributed by atoms with E-state index < -0.39 is 17.9 Å². The molecule has 3 atom stereocenters. The quantitative estimate of drug-likeness (QED) is 0.235. The van der Waals surface area contributed by atoms with Crippen LogP contribution in [0.25, 0.3) is 0 Å². The molecule has 0 saturated heterocycles. The first-order chi connectivity index (χ1) is 16.8. The lowest BCUT2D eigenvalue weighted by Crippen LogP contribution is -2.43. The Hall–Kier alpha value is -2.45. The number of ether oxygens (including phenoxy) is 1.